The van der Waals surface area contributed by atoms with Crippen molar-refractivity contribution in [1.82, 2.24) is 19.5 Å². The highest BCUT2D eigenvalue weighted by Gasteiger charge is 2.12. The summed E-state index contributed by atoms with van der Waals surface area (Å²) in [5.74, 6) is 0.830. The Kier molecular flexibility index (Phi) is 2.98. The maximum Gasteiger partial charge on any atom is 0.259 e. The topological polar surface area (TPSA) is 80.6 Å². The molecule has 0 unspecified atom stereocenters. The van der Waals surface area contributed by atoms with Gasteiger partial charge in [0.1, 0.15) is 10.7 Å². The van der Waals surface area contributed by atoms with Crippen LogP contribution < -0.4 is 5.56 Å². The van der Waals surface area contributed by atoms with Crippen molar-refractivity contribution < 1.29 is 4.79 Å². The van der Waals surface area contributed by atoms with Gasteiger partial charge in [-0.15, -0.1) is 11.3 Å². The molecular weight excluding hydrogens is 276 g/mol. The Labute approximate surface area is 118 Å². The van der Waals surface area contributed by atoms with Crippen LogP contribution in [0.3, 0.4) is 0 Å². The summed E-state index contributed by atoms with van der Waals surface area (Å²) in [4.78, 5) is 35.9. The molecule has 7 heteroatoms. The molecule has 3 aromatic rings. The van der Waals surface area contributed by atoms with Crippen molar-refractivity contribution in [3.63, 3.8) is 0 Å². The summed E-state index contributed by atoms with van der Waals surface area (Å²) < 4.78 is 1.64. The first-order chi connectivity index (χ1) is 9.60. The number of thiophene rings is 1. The first kappa shape index (κ1) is 12.7. The largest absolute Gasteiger partial charge is 0.321 e. The lowest BCUT2D eigenvalue weighted by molar-refractivity contribution is 0.111. The van der Waals surface area contributed by atoms with Gasteiger partial charge < -0.3 is 9.55 Å². The lowest BCUT2D eigenvalue weighted by Gasteiger charge is -2.03. The third-order valence-corrected chi connectivity index (χ3v) is 4.36. The zero-order chi connectivity index (χ0) is 14.3. The van der Waals surface area contributed by atoms with E-state index >= 15 is 0 Å². The van der Waals surface area contributed by atoms with Crippen LogP contribution in [0.2, 0.25) is 0 Å². The van der Waals surface area contributed by atoms with E-state index in [-0.39, 0.29) is 5.56 Å². The summed E-state index contributed by atoms with van der Waals surface area (Å²) in [5, 5.41) is 0.650. The van der Waals surface area contributed by atoms with E-state index in [4.69, 9.17) is 0 Å². The van der Waals surface area contributed by atoms with E-state index in [1.807, 2.05) is 13.8 Å². The molecule has 1 N–H and O–H groups in total. The van der Waals surface area contributed by atoms with E-state index in [0.717, 1.165) is 15.3 Å². The molecule has 0 atom stereocenters. The van der Waals surface area contributed by atoms with E-state index in [2.05, 4.69) is 15.0 Å². The van der Waals surface area contributed by atoms with Crippen molar-refractivity contribution >= 4 is 27.8 Å². The Hall–Kier alpha value is -2.28. The lowest BCUT2D eigenvalue weighted by atomic mass is 10.2. The fourth-order valence-corrected chi connectivity index (χ4v) is 3.16. The summed E-state index contributed by atoms with van der Waals surface area (Å²) in [7, 11) is 0. The van der Waals surface area contributed by atoms with Crippen molar-refractivity contribution in [3.05, 3.63) is 44.8 Å². The molecule has 0 saturated heterocycles. The van der Waals surface area contributed by atoms with Crippen LogP contribution in [0, 0.1) is 13.8 Å². The number of carbonyl (C=O) groups excluding carboxylic acids is 1. The zero-order valence-corrected chi connectivity index (χ0v) is 11.8. The Balaban J connectivity index is 2.09. The van der Waals surface area contributed by atoms with Gasteiger partial charge in [-0.25, -0.2) is 9.97 Å². The minimum atomic E-state index is -0.139. The van der Waals surface area contributed by atoms with Gasteiger partial charge in [0, 0.05) is 17.3 Å². The van der Waals surface area contributed by atoms with Gasteiger partial charge in [-0.2, -0.15) is 0 Å². The molecule has 0 aliphatic carbocycles. The fourth-order valence-electron chi connectivity index (χ4n) is 2.11. The van der Waals surface area contributed by atoms with Gasteiger partial charge in [0.05, 0.1) is 11.9 Å². The van der Waals surface area contributed by atoms with Gasteiger partial charge in [0.2, 0.25) is 0 Å². The van der Waals surface area contributed by atoms with Crippen molar-refractivity contribution in [1.29, 1.82) is 0 Å². The van der Waals surface area contributed by atoms with Crippen LogP contribution in [-0.2, 0) is 6.54 Å². The van der Waals surface area contributed by atoms with Crippen molar-refractivity contribution in [2.45, 2.75) is 20.4 Å². The van der Waals surface area contributed by atoms with Crippen LogP contribution >= 0.6 is 11.3 Å². The van der Waals surface area contributed by atoms with E-state index in [1.165, 1.54) is 11.3 Å². The molecule has 0 spiro atoms. The second kappa shape index (κ2) is 4.68. The van der Waals surface area contributed by atoms with Gasteiger partial charge in [-0.3, -0.25) is 9.59 Å². The molecule has 102 valence electrons. The minimum absolute atomic E-state index is 0.139. The molecule has 0 aliphatic rings. The summed E-state index contributed by atoms with van der Waals surface area (Å²) in [6.07, 6.45) is 3.90. The minimum Gasteiger partial charge on any atom is -0.321 e. The third kappa shape index (κ3) is 1.96. The average molecular weight is 288 g/mol. The number of nitrogens with one attached hydrogen (secondary N) is 1. The van der Waals surface area contributed by atoms with Gasteiger partial charge in [-0.05, 0) is 19.4 Å². The molecule has 0 radical (unpaired) electrons. The smallest absolute Gasteiger partial charge is 0.259 e. The quantitative estimate of drug-likeness (QED) is 0.743. The Morgan fingerprint density at radius 1 is 1.45 bits per heavy atom. The second-order valence-corrected chi connectivity index (χ2v) is 5.71. The zero-order valence-electron chi connectivity index (χ0n) is 11.0. The standard InChI is InChI=1S/C13H12N4O2S/c1-7-8(2)20-13-11(7)12(19)15-9(16-13)5-17-4-3-14-10(17)6-18/h3-4,6H,5H2,1-2H3,(H,15,16,19). The van der Waals surface area contributed by atoms with Crippen molar-refractivity contribution in [2.24, 2.45) is 0 Å². The third-order valence-electron chi connectivity index (χ3n) is 3.26. The van der Waals surface area contributed by atoms with Crippen LogP contribution in [0.15, 0.2) is 17.2 Å². The summed E-state index contributed by atoms with van der Waals surface area (Å²) in [5.41, 5.74) is 0.834. The number of aryl methyl sites for hydroxylation is 2. The molecule has 0 aliphatic heterocycles. The fraction of sp³-hybridized carbons (Fsp3) is 0.231. The Morgan fingerprint density at radius 2 is 2.25 bits per heavy atom. The average Bonchev–Trinajstić information content (AvgIpc) is 2.95. The number of H-pyrrole nitrogens is 1. The van der Waals surface area contributed by atoms with Crippen LogP contribution in [0.1, 0.15) is 26.9 Å². The lowest BCUT2D eigenvalue weighted by Crippen LogP contribution is -2.14. The molecule has 20 heavy (non-hydrogen) atoms. The van der Waals surface area contributed by atoms with Crippen LogP contribution in [-0.4, -0.2) is 25.8 Å². The molecule has 0 fully saturated rings. The molecule has 0 bridgehead atoms. The van der Waals surface area contributed by atoms with E-state index in [1.54, 1.807) is 17.0 Å². The Morgan fingerprint density at radius 3 is 3.00 bits per heavy atom. The molecule has 0 aromatic carbocycles. The summed E-state index contributed by atoms with van der Waals surface area (Å²) in [6.45, 7) is 4.21. The van der Waals surface area contributed by atoms with Crippen LogP contribution in [0.4, 0.5) is 0 Å². The highest BCUT2D eigenvalue weighted by molar-refractivity contribution is 7.18. The number of imidazole rings is 1. The summed E-state index contributed by atoms with van der Waals surface area (Å²) in [6, 6.07) is 0. The summed E-state index contributed by atoms with van der Waals surface area (Å²) >= 11 is 1.50. The molecule has 6 nitrogen and oxygen atoms in total. The Bertz CT molecular complexity index is 859. The molecular formula is C13H12N4O2S. The molecule has 0 saturated carbocycles. The highest BCUT2D eigenvalue weighted by Crippen LogP contribution is 2.25. The van der Waals surface area contributed by atoms with E-state index in [9.17, 15) is 9.59 Å². The predicted octanol–water partition coefficient (Wildman–Crippen LogP) is 1.66. The van der Waals surface area contributed by atoms with Crippen LogP contribution in [0.25, 0.3) is 10.2 Å². The number of aromatic nitrogens is 4. The number of aromatic amines is 1. The van der Waals surface area contributed by atoms with Gasteiger partial charge in [0.25, 0.3) is 5.56 Å². The number of rotatable bonds is 3. The maximum atomic E-state index is 12.1. The van der Waals surface area contributed by atoms with Crippen LogP contribution in [0.5, 0.6) is 0 Å². The molecule has 3 aromatic heterocycles. The van der Waals surface area contributed by atoms with E-state index in [0.29, 0.717) is 29.9 Å². The first-order valence-corrected chi connectivity index (χ1v) is 6.87. The second-order valence-electron chi connectivity index (χ2n) is 4.51. The number of fused-ring (bicyclic) bond motifs is 1. The maximum absolute atomic E-state index is 12.1. The number of aldehydes is 1. The van der Waals surface area contributed by atoms with E-state index < -0.39 is 0 Å². The van der Waals surface area contributed by atoms with Crippen molar-refractivity contribution in [3.8, 4) is 0 Å². The van der Waals surface area contributed by atoms with Gasteiger partial charge in [-0.1, -0.05) is 0 Å². The molecule has 0 amide bonds. The van der Waals surface area contributed by atoms with Gasteiger partial charge in [0.15, 0.2) is 12.1 Å². The molecule has 3 heterocycles. The normalized spacial score (nSPS) is 11.1. The van der Waals surface area contributed by atoms with Gasteiger partial charge >= 0.3 is 0 Å². The number of hydrogen-bond acceptors (Lipinski definition) is 5. The monoisotopic (exact) mass is 288 g/mol. The SMILES string of the molecule is Cc1sc2nc(Cn3ccnc3C=O)[nH]c(=O)c2c1C. The van der Waals surface area contributed by atoms with Crippen molar-refractivity contribution in [2.75, 3.05) is 0 Å². The number of hydrogen-bond donors (Lipinski definition) is 1. The number of nitrogens with zero attached hydrogens (tertiary/aromatic N) is 3. The number of carbonyl (C=O) groups is 1. The first-order valence-electron chi connectivity index (χ1n) is 6.05. The highest BCUT2D eigenvalue weighted by atomic mass is 32.1. The predicted molar refractivity (Wildman–Crippen MR) is 76.4 cm³/mol. The molecule has 3 rings (SSSR count).